The van der Waals surface area contributed by atoms with E-state index in [-0.39, 0.29) is 34.8 Å². The van der Waals surface area contributed by atoms with Crippen LogP contribution < -0.4 is 9.47 Å². The van der Waals surface area contributed by atoms with Crippen molar-refractivity contribution in [2.24, 2.45) is 0 Å². The molecule has 13 nitrogen and oxygen atoms in total. The van der Waals surface area contributed by atoms with Gasteiger partial charge in [0.2, 0.25) is 6.29 Å². The van der Waals surface area contributed by atoms with Gasteiger partial charge in [-0.1, -0.05) is 0 Å². The van der Waals surface area contributed by atoms with Gasteiger partial charge in [0.15, 0.2) is 29.5 Å². The van der Waals surface area contributed by atoms with Crippen molar-refractivity contribution >= 4 is 5.97 Å². The molecule has 0 unspecified atom stereocenters. The molecule has 0 radical (unpaired) electrons. The van der Waals surface area contributed by atoms with Crippen LogP contribution in [0, 0.1) is 0 Å². The van der Waals surface area contributed by atoms with Crippen LogP contribution in [0.25, 0.3) is 0 Å². The van der Waals surface area contributed by atoms with E-state index in [2.05, 4.69) is 0 Å². The van der Waals surface area contributed by atoms with Crippen LogP contribution in [0.5, 0.6) is 34.5 Å². The molecule has 1 fully saturated rings. The molecule has 2 aliphatic rings. The molecule has 4 rings (SSSR count). The first-order valence-electron chi connectivity index (χ1n) is 10.0. The number of benzene rings is 2. The average molecular weight is 482 g/mol. The van der Waals surface area contributed by atoms with E-state index in [0.717, 1.165) is 18.2 Å². The summed E-state index contributed by atoms with van der Waals surface area (Å²) in [6.07, 6.45) is -11.7. The number of aromatic hydroxyl groups is 4. The molecular weight excluding hydrogens is 460 g/mol. The van der Waals surface area contributed by atoms with E-state index in [9.17, 15) is 45.6 Å². The Morgan fingerprint density at radius 2 is 1.53 bits per heavy atom. The monoisotopic (exact) mass is 482 g/mol. The average Bonchev–Trinajstić information content (AvgIpc) is 2.77. The molecule has 0 spiro atoms. The van der Waals surface area contributed by atoms with Crippen molar-refractivity contribution in [3.05, 3.63) is 35.4 Å². The van der Waals surface area contributed by atoms with E-state index < -0.39 is 66.1 Å². The highest BCUT2D eigenvalue weighted by Crippen LogP contribution is 2.45. The Balaban J connectivity index is 1.61. The second-order valence-electron chi connectivity index (χ2n) is 7.99. The van der Waals surface area contributed by atoms with Gasteiger partial charge < -0.3 is 60.2 Å². The van der Waals surface area contributed by atoms with E-state index in [1.807, 2.05) is 0 Å². The van der Waals surface area contributed by atoms with Crippen molar-refractivity contribution in [1.29, 1.82) is 0 Å². The van der Waals surface area contributed by atoms with Crippen molar-refractivity contribution in [2.75, 3.05) is 0 Å². The van der Waals surface area contributed by atoms with Gasteiger partial charge >= 0.3 is 5.97 Å². The van der Waals surface area contributed by atoms with Gasteiger partial charge in [-0.25, -0.2) is 4.79 Å². The number of aliphatic carboxylic acids is 1. The van der Waals surface area contributed by atoms with Crippen LogP contribution in [0.3, 0.4) is 0 Å². The van der Waals surface area contributed by atoms with Crippen LogP contribution in [0.2, 0.25) is 0 Å². The highest BCUT2D eigenvalue weighted by Gasteiger charge is 2.48. The minimum atomic E-state index is -1.91. The molecule has 13 heteroatoms. The maximum atomic E-state index is 11.3. The van der Waals surface area contributed by atoms with Gasteiger partial charge in [-0.3, -0.25) is 0 Å². The highest BCUT2D eigenvalue weighted by atomic mass is 16.7. The molecular formula is C21H22O13. The van der Waals surface area contributed by atoms with E-state index in [4.69, 9.17) is 19.3 Å². The van der Waals surface area contributed by atoms with Crippen LogP contribution >= 0.6 is 0 Å². The van der Waals surface area contributed by atoms with Crippen LogP contribution in [-0.4, -0.2) is 88.7 Å². The summed E-state index contributed by atoms with van der Waals surface area (Å²) in [5, 5.41) is 88.9. The van der Waals surface area contributed by atoms with Gasteiger partial charge in [-0.05, 0) is 12.1 Å². The number of carboxylic acids is 1. The number of aliphatic hydroxyl groups is 4. The number of hydrogen-bond donors (Lipinski definition) is 9. The predicted octanol–water partition coefficient (Wildman–Crippen LogP) is -1.18. The van der Waals surface area contributed by atoms with E-state index in [1.54, 1.807) is 0 Å². The predicted molar refractivity (Wildman–Crippen MR) is 108 cm³/mol. The molecule has 0 aliphatic carbocycles. The number of rotatable bonds is 4. The van der Waals surface area contributed by atoms with Gasteiger partial charge in [0.25, 0.3) is 0 Å². The molecule has 9 N–H and O–H groups in total. The molecule has 2 heterocycles. The van der Waals surface area contributed by atoms with Gasteiger partial charge in [-0.15, -0.1) is 0 Å². The lowest BCUT2D eigenvalue weighted by molar-refractivity contribution is -0.271. The van der Waals surface area contributed by atoms with Crippen LogP contribution in [-0.2, 0) is 16.0 Å². The molecule has 2 aromatic rings. The van der Waals surface area contributed by atoms with E-state index >= 15 is 0 Å². The molecule has 0 amide bonds. The lowest BCUT2D eigenvalue weighted by atomic mass is 9.93. The lowest BCUT2D eigenvalue weighted by Gasteiger charge is -2.38. The third kappa shape index (κ3) is 4.10. The number of fused-ring (bicyclic) bond motifs is 1. The summed E-state index contributed by atoms with van der Waals surface area (Å²) in [5.74, 6) is -4.16. The standard InChI is InChI=1S/C21H22O13/c22-9-3-7(32-21-17(29)15(27)16(28)19(34-21)20(30)31)4-13-8(9)5-12(25)18(33-13)6-1-10(23)14(26)11(24)2-6/h1-4,12,15-19,21-29H,5H2,(H,30,31)/t12-,15+,16+,17-,18-,19+,21-/m1/s1. The summed E-state index contributed by atoms with van der Waals surface area (Å²) < 4.78 is 16.2. The summed E-state index contributed by atoms with van der Waals surface area (Å²) in [4.78, 5) is 11.3. The molecule has 2 aromatic carbocycles. The normalized spacial score (nSPS) is 30.8. The molecule has 1 saturated heterocycles. The first-order chi connectivity index (χ1) is 16.0. The second-order valence-corrected chi connectivity index (χ2v) is 7.99. The molecule has 2 aliphatic heterocycles. The van der Waals surface area contributed by atoms with Crippen molar-refractivity contribution < 1.29 is 65.0 Å². The van der Waals surface area contributed by atoms with Gasteiger partial charge in [0, 0.05) is 29.7 Å². The maximum absolute atomic E-state index is 11.3. The summed E-state index contributed by atoms with van der Waals surface area (Å²) in [5.41, 5.74) is 0.302. The number of hydrogen-bond acceptors (Lipinski definition) is 12. The Morgan fingerprint density at radius 1 is 0.882 bits per heavy atom. The summed E-state index contributed by atoms with van der Waals surface area (Å²) in [6.45, 7) is 0. The Bertz CT molecular complexity index is 1080. The Kier molecular flexibility index (Phi) is 6.05. The van der Waals surface area contributed by atoms with E-state index in [1.165, 1.54) is 6.07 Å². The Morgan fingerprint density at radius 3 is 2.15 bits per heavy atom. The fourth-order valence-electron chi connectivity index (χ4n) is 3.88. The summed E-state index contributed by atoms with van der Waals surface area (Å²) in [6, 6.07) is 4.51. The largest absolute Gasteiger partial charge is 0.507 e. The third-order valence-corrected chi connectivity index (χ3v) is 5.66. The van der Waals surface area contributed by atoms with Gasteiger partial charge in [0.05, 0.1) is 6.10 Å². The quantitative estimate of drug-likeness (QED) is 0.234. The number of phenolic OH excluding ortho intramolecular Hbond substituents is 4. The van der Waals surface area contributed by atoms with Crippen molar-refractivity contribution in [1.82, 2.24) is 0 Å². The Labute approximate surface area is 190 Å². The molecule has 0 saturated carbocycles. The minimum absolute atomic E-state index is 0.0121. The topological polar surface area (TPSA) is 227 Å². The SMILES string of the molecule is O=C(O)[C@H]1O[C@@H](Oc2cc(O)c3c(c2)O[C@H](c2cc(O)c(O)c(O)c2)[C@H](O)C3)[C@H](O)[C@@H](O)[C@@H]1O. The van der Waals surface area contributed by atoms with E-state index in [0.29, 0.717) is 0 Å². The molecule has 34 heavy (non-hydrogen) atoms. The van der Waals surface area contributed by atoms with Crippen molar-refractivity contribution in [3.8, 4) is 34.5 Å². The fraction of sp³-hybridized carbons (Fsp3) is 0.381. The molecule has 0 aromatic heterocycles. The van der Waals surface area contributed by atoms with Gasteiger partial charge in [0.1, 0.15) is 35.6 Å². The van der Waals surface area contributed by atoms with Crippen LogP contribution in [0.4, 0.5) is 0 Å². The summed E-state index contributed by atoms with van der Waals surface area (Å²) in [7, 11) is 0. The fourth-order valence-corrected chi connectivity index (χ4v) is 3.88. The smallest absolute Gasteiger partial charge is 0.335 e. The maximum Gasteiger partial charge on any atom is 0.335 e. The van der Waals surface area contributed by atoms with Crippen LogP contribution in [0.1, 0.15) is 17.2 Å². The number of carboxylic acid groups (broad SMARTS) is 1. The first kappa shape index (κ1) is 23.7. The van der Waals surface area contributed by atoms with Crippen LogP contribution in [0.15, 0.2) is 24.3 Å². The number of phenols is 4. The zero-order valence-corrected chi connectivity index (χ0v) is 17.2. The molecule has 0 bridgehead atoms. The zero-order chi connectivity index (χ0) is 24.9. The lowest BCUT2D eigenvalue weighted by Crippen LogP contribution is -2.61. The van der Waals surface area contributed by atoms with Crippen molar-refractivity contribution in [2.45, 2.75) is 49.3 Å². The number of carbonyl (C=O) groups is 1. The minimum Gasteiger partial charge on any atom is -0.507 e. The number of aliphatic hydroxyl groups excluding tert-OH is 4. The summed E-state index contributed by atoms with van der Waals surface area (Å²) >= 11 is 0. The second kappa shape index (κ2) is 8.70. The zero-order valence-electron chi connectivity index (χ0n) is 17.2. The van der Waals surface area contributed by atoms with Gasteiger partial charge in [-0.2, -0.15) is 0 Å². The third-order valence-electron chi connectivity index (χ3n) is 5.66. The Hall–Kier alpha value is -3.49. The molecule has 184 valence electrons. The highest BCUT2D eigenvalue weighted by molar-refractivity contribution is 5.73. The first-order valence-corrected chi connectivity index (χ1v) is 10.0. The number of ether oxygens (including phenoxy) is 3. The van der Waals surface area contributed by atoms with Crippen molar-refractivity contribution in [3.63, 3.8) is 0 Å². The molecule has 7 atom stereocenters.